The Balaban J connectivity index is 2.42. The molecule has 3 heteroatoms. The van der Waals surface area contributed by atoms with Crippen LogP contribution in [0.2, 0.25) is 0 Å². The lowest BCUT2D eigenvalue weighted by atomic mass is 10.1. The number of benzene rings is 1. The van der Waals surface area contributed by atoms with Crippen LogP contribution in [0.4, 0.5) is 0 Å². The van der Waals surface area contributed by atoms with Gasteiger partial charge in [0.2, 0.25) is 0 Å². The molecule has 0 aliphatic carbocycles. The minimum Gasteiger partial charge on any atom is -0.313 e. The van der Waals surface area contributed by atoms with Crippen molar-refractivity contribution in [2.75, 3.05) is 6.54 Å². The Hall–Kier alpha value is -0.130. The van der Waals surface area contributed by atoms with E-state index in [4.69, 9.17) is 0 Å². The summed E-state index contributed by atoms with van der Waals surface area (Å²) in [4.78, 5) is 0. The average Bonchev–Trinajstić information content (AvgIpc) is 2.28. The number of hydrogen-bond acceptors (Lipinski definition) is 2. The van der Waals surface area contributed by atoms with Gasteiger partial charge in [-0.05, 0) is 47.6 Å². The third-order valence-electron chi connectivity index (χ3n) is 2.75. The molecule has 2 N–H and O–H groups in total. The van der Waals surface area contributed by atoms with Crippen LogP contribution in [-0.4, -0.2) is 18.6 Å². The van der Waals surface area contributed by atoms with Gasteiger partial charge in [-0.15, -0.1) is 0 Å². The van der Waals surface area contributed by atoms with Crippen LogP contribution in [0.1, 0.15) is 31.9 Å². The first-order chi connectivity index (χ1) is 8.00. The molecule has 0 radical (unpaired) electrons. The Bertz CT molecular complexity index is 350. The highest BCUT2D eigenvalue weighted by Crippen LogP contribution is 2.16. The molecule has 1 aromatic carbocycles. The molecular weight excluding hydrogens is 323 g/mol. The summed E-state index contributed by atoms with van der Waals surface area (Å²) in [5.74, 6) is 0. The van der Waals surface area contributed by atoms with Crippen molar-refractivity contribution >= 4 is 22.6 Å². The molecule has 0 saturated heterocycles. The summed E-state index contributed by atoms with van der Waals surface area (Å²) in [6, 6.07) is 7.54. The molecule has 0 aromatic heterocycles. The fourth-order valence-electron chi connectivity index (χ4n) is 1.61. The maximum absolute atomic E-state index is 3.56. The number of rotatable bonds is 6. The molecular formula is C14H23IN2. The maximum atomic E-state index is 3.56. The van der Waals surface area contributed by atoms with E-state index in [0.717, 1.165) is 13.1 Å². The molecule has 0 bridgehead atoms. The molecule has 1 unspecified atom stereocenters. The van der Waals surface area contributed by atoms with Gasteiger partial charge in [-0.1, -0.05) is 32.0 Å². The van der Waals surface area contributed by atoms with Crippen molar-refractivity contribution in [3.05, 3.63) is 32.9 Å². The van der Waals surface area contributed by atoms with Crippen LogP contribution in [0, 0.1) is 10.5 Å². The lowest BCUT2D eigenvalue weighted by Crippen LogP contribution is -2.38. The van der Waals surface area contributed by atoms with Crippen molar-refractivity contribution in [1.29, 1.82) is 0 Å². The van der Waals surface area contributed by atoms with E-state index in [1.165, 1.54) is 14.7 Å². The SMILES string of the molecule is Cc1cccc(CNC(C)CNC(C)C)c1I. The summed E-state index contributed by atoms with van der Waals surface area (Å²) in [5, 5.41) is 7.00. The van der Waals surface area contributed by atoms with Gasteiger partial charge in [0.25, 0.3) is 0 Å². The summed E-state index contributed by atoms with van der Waals surface area (Å²) in [7, 11) is 0. The summed E-state index contributed by atoms with van der Waals surface area (Å²) < 4.78 is 1.38. The molecule has 0 amide bonds. The largest absolute Gasteiger partial charge is 0.313 e. The average molecular weight is 346 g/mol. The third kappa shape index (κ3) is 5.36. The van der Waals surface area contributed by atoms with Crippen LogP contribution < -0.4 is 10.6 Å². The Morgan fingerprint density at radius 2 is 1.88 bits per heavy atom. The second-order valence-corrected chi connectivity index (χ2v) is 5.97. The van der Waals surface area contributed by atoms with Crippen molar-refractivity contribution in [3.8, 4) is 0 Å². The molecule has 17 heavy (non-hydrogen) atoms. The van der Waals surface area contributed by atoms with Crippen LogP contribution in [0.15, 0.2) is 18.2 Å². The molecule has 0 saturated carbocycles. The van der Waals surface area contributed by atoms with Gasteiger partial charge in [-0.2, -0.15) is 0 Å². The molecule has 1 aromatic rings. The maximum Gasteiger partial charge on any atom is 0.0219 e. The number of halogens is 1. The summed E-state index contributed by atoms with van der Waals surface area (Å²) >= 11 is 2.43. The zero-order valence-corrected chi connectivity index (χ0v) is 13.3. The minimum absolute atomic E-state index is 0.494. The first-order valence-electron chi connectivity index (χ1n) is 6.21. The van der Waals surface area contributed by atoms with Crippen LogP contribution in [0.5, 0.6) is 0 Å². The van der Waals surface area contributed by atoms with E-state index in [0.29, 0.717) is 12.1 Å². The topological polar surface area (TPSA) is 24.1 Å². The molecule has 0 fully saturated rings. The fourth-order valence-corrected chi connectivity index (χ4v) is 2.16. The highest BCUT2D eigenvalue weighted by molar-refractivity contribution is 14.1. The normalized spacial score (nSPS) is 13.1. The Labute approximate surface area is 119 Å². The standard InChI is InChI=1S/C14H23IN2/c1-10(2)16-8-12(4)17-9-13-7-5-6-11(3)14(13)15/h5-7,10,12,16-17H,8-9H2,1-4H3. The molecule has 0 heterocycles. The summed E-state index contributed by atoms with van der Waals surface area (Å²) in [6.45, 7) is 10.7. The minimum atomic E-state index is 0.494. The summed E-state index contributed by atoms with van der Waals surface area (Å²) in [6.07, 6.45) is 0. The van der Waals surface area contributed by atoms with Crippen molar-refractivity contribution in [2.45, 2.75) is 46.3 Å². The van der Waals surface area contributed by atoms with E-state index < -0.39 is 0 Å². The van der Waals surface area contributed by atoms with Gasteiger partial charge in [0.15, 0.2) is 0 Å². The molecule has 0 aliphatic heterocycles. The zero-order chi connectivity index (χ0) is 12.8. The lowest BCUT2D eigenvalue weighted by Gasteiger charge is -2.17. The second kappa shape index (κ2) is 7.34. The third-order valence-corrected chi connectivity index (χ3v) is 4.29. The van der Waals surface area contributed by atoms with Gasteiger partial charge in [0.1, 0.15) is 0 Å². The van der Waals surface area contributed by atoms with Crippen LogP contribution in [-0.2, 0) is 6.54 Å². The van der Waals surface area contributed by atoms with Gasteiger partial charge in [-0.3, -0.25) is 0 Å². The second-order valence-electron chi connectivity index (χ2n) is 4.89. The van der Waals surface area contributed by atoms with E-state index in [2.05, 4.69) is 79.1 Å². The highest BCUT2D eigenvalue weighted by atomic mass is 127. The Morgan fingerprint density at radius 1 is 1.18 bits per heavy atom. The van der Waals surface area contributed by atoms with Gasteiger partial charge >= 0.3 is 0 Å². The van der Waals surface area contributed by atoms with E-state index in [-0.39, 0.29) is 0 Å². The smallest absolute Gasteiger partial charge is 0.0219 e. The van der Waals surface area contributed by atoms with Gasteiger partial charge in [-0.25, -0.2) is 0 Å². The van der Waals surface area contributed by atoms with Crippen LogP contribution >= 0.6 is 22.6 Å². The Kier molecular flexibility index (Phi) is 6.44. The lowest BCUT2D eigenvalue weighted by molar-refractivity contribution is 0.473. The fraction of sp³-hybridized carbons (Fsp3) is 0.571. The molecule has 0 spiro atoms. The first kappa shape index (κ1) is 14.9. The Morgan fingerprint density at radius 3 is 2.53 bits per heavy atom. The van der Waals surface area contributed by atoms with E-state index in [1.54, 1.807) is 0 Å². The van der Waals surface area contributed by atoms with Crippen LogP contribution in [0.25, 0.3) is 0 Å². The van der Waals surface area contributed by atoms with Gasteiger partial charge in [0, 0.05) is 28.7 Å². The molecule has 96 valence electrons. The highest BCUT2D eigenvalue weighted by Gasteiger charge is 2.05. The monoisotopic (exact) mass is 346 g/mol. The van der Waals surface area contributed by atoms with Crippen molar-refractivity contribution in [2.24, 2.45) is 0 Å². The van der Waals surface area contributed by atoms with Crippen molar-refractivity contribution < 1.29 is 0 Å². The first-order valence-corrected chi connectivity index (χ1v) is 7.29. The number of hydrogen-bond donors (Lipinski definition) is 2. The van der Waals surface area contributed by atoms with Crippen molar-refractivity contribution in [3.63, 3.8) is 0 Å². The quantitative estimate of drug-likeness (QED) is 0.774. The van der Waals surface area contributed by atoms with Gasteiger partial charge < -0.3 is 10.6 Å². The van der Waals surface area contributed by atoms with Gasteiger partial charge in [0.05, 0.1) is 0 Å². The molecule has 1 atom stereocenters. The molecule has 0 aliphatic rings. The van der Waals surface area contributed by atoms with E-state index in [9.17, 15) is 0 Å². The molecule has 2 nitrogen and oxygen atoms in total. The van der Waals surface area contributed by atoms with E-state index in [1.807, 2.05) is 0 Å². The summed E-state index contributed by atoms with van der Waals surface area (Å²) in [5.41, 5.74) is 2.75. The number of aryl methyl sites for hydroxylation is 1. The molecule has 1 rings (SSSR count). The predicted molar refractivity (Wildman–Crippen MR) is 83.3 cm³/mol. The van der Waals surface area contributed by atoms with E-state index >= 15 is 0 Å². The number of nitrogens with one attached hydrogen (secondary N) is 2. The predicted octanol–water partition coefficient (Wildman–Crippen LogP) is 3.08. The zero-order valence-electron chi connectivity index (χ0n) is 11.2. The van der Waals surface area contributed by atoms with Crippen molar-refractivity contribution in [1.82, 2.24) is 10.6 Å². The van der Waals surface area contributed by atoms with Crippen LogP contribution in [0.3, 0.4) is 0 Å².